The third-order valence-electron chi connectivity index (χ3n) is 5.22. The van der Waals surface area contributed by atoms with Gasteiger partial charge in [0.1, 0.15) is 0 Å². The fourth-order valence-electron chi connectivity index (χ4n) is 3.34. The zero-order chi connectivity index (χ0) is 20.4. The molecule has 1 aliphatic heterocycles. The summed E-state index contributed by atoms with van der Waals surface area (Å²) in [6.07, 6.45) is 2.15. The van der Waals surface area contributed by atoms with Crippen molar-refractivity contribution < 1.29 is 4.74 Å². The number of nitrogens with zero attached hydrogens (tertiary/aromatic N) is 3. The highest BCUT2D eigenvalue weighted by Crippen LogP contribution is 2.16. The Morgan fingerprint density at radius 3 is 2.38 bits per heavy atom. The van der Waals surface area contributed by atoms with E-state index in [4.69, 9.17) is 9.73 Å². The number of guanidine groups is 1. The Balaban J connectivity index is 0.00000420. The van der Waals surface area contributed by atoms with Gasteiger partial charge in [0.15, 0.2) is 5.96 Å². The number of anilines is 1. The van der Waals surface area contributed by atoms with Gasteiger partial charge in [-0.1, -0.05) is 12.1 Å². The van der Waals surface area contributed by atoms with Crippen LogP contribution in [0.15, 0.2) is 29.3 Å². The molecule has 1 aromatic carbocycles. The number of aliphatic imine (C=N–C) groups is 1. The molecule has 1 aromatic rings. The summed E-state index contributed by atoms with van der Waals surface area (Å²) in [4.78, 5) is 9.44. The molecule has 166 valence electrons. The lowest BCUT2D eigenvalue weighted by Gasteiger charge is -2.39. The number of halogens is 1. The number of hydrogen-bond acceptors (Lipinski definition) is 4. The predicted octanol–water partition coefficient (Wildman–Crippen LogP) is 2.97. The largest absolute Gasteiger partial charge is 0.379 e. The molecule has 0 radical (unpaired) electrons. The van der Waals surface area contributed by atoms with Crippen molar-refractivity contribution in [1.82, 2.24) is 15.5 Å². The number of hydrogen-bond donors (Lipinski definition) is 2. The van der Waals surface area contributed by atoms with Gasteiger partial charge in [-0.25, -0.2) is 0 Å². The number of nitrogens with one attached hydrogen (secondary N) is 2. The van der Waals surface area contributed by atoms with Gasteiger partial charge in [0.25, 0.3) is 0 Å². The third kappa shape index (κ3) is 9.09. The van der Waals surface area contributed by atoms with Crippen LogP contribution in [0.4, 0.5) is 5.69 Å². The minimum atomic E-state index is 0. The van der Waals surface area contributed by atoms with E-state index < -0.39 is 0 Å². The standard InChI is InChI=1S/C22H39N5O.HI/c1-6-23-21(25-18-22(2,3)27-14-16-28-17-15-27)24-13-7-8-19-9-11-20(12-10-19)26(4)5;/h9-12H,6-8,13-18H2,1-5H3,(H2,23,24,25);1H. The van der Waals surface area contributed by atoms with Gasteiger partial charge in [0, 0.05) is 51.5 Å². The second-order valence-electron chi connectivity index (χ2n) is 8.20. The van der Waals surface area contributed by atoms with Crippen LogP contribution in [0.2, 0.25) is 0 Å². The van der Waals surface area contributed by atoms with Crippen LogP contribution < -0.4 is 15.5 Å². The van der Waals surface area contributed by atoms with Crippen molar-refractivity contribution in [3.8, 4) is 0 Å². The SMILES string of the molecule is CCNC(=NCC(C)(C)N1CCOCC1)NCCCc1ccc(N(C)C)cc1.I. The van der Waals surface area contributed by atoms with Crippen molar-refractivity contribution in [1.29, 1.82) is 0 Å². The molecule has 6 nitrogen and oxygen atoms in total. The average molecular weight is 518 g/mol. The van der Waals surface area contributed by atoms with Crippen LogP contribution in [0.25, 0.3) is 0 Å². The zero-order valence-electron chi connectivity index (χ0n) is 18.8. The molecule has 2 N–H and O–H groups in total. The number of ether oxygens (including phenoxy) is 1. The summed E-state index contributed by atoms with van der Waals surface area (Å²) in [5.74, 6) is 0.909. The van der Waals surface area contributed by atoms with Gasteiger partial charge >= 0.3 is 0 Å². The summed E-state index contributed by atoms with van der Waals surface area (Å²) in [5, 5.41) is 6.85. The van der Waals surface area contributed by atoms with E-state index in [9.17, 15) is 0 Å². The van der Waals surface area contributed by atoms with Crippen molar-refractivity contribution in [2.45, 2.75) is 39.2 Å². The molecule has 0 aliphatic carbocycles. The van der Waals surface area contributed by atoms with Gasteiger partial charge in [-0.2, -0.15) is 0 Å². The maximum absolute atomic E-state index is 5.47. The normalized spacial score (nSPS) is 15.6. The van der Waals surface area contributed by atoms with Gasteiger partial charge in [-0.15, -0.1) is 24.0 Å². The van der Waals surface area contributed by atoms with E-state index in [-0.39, 0.29) is 29.5 Å². The van der Waals surface area contributed by atoms with E-state index in [0.717, 1.165) is 64.7 Å². The molecule has 7 heteroatoms. The second-order valence-corrected chi connectivity index (χ2v) is 8.20. The molecule has 1 aliphatic rings. The van der Waals surface area contributed by atoms with Crippen LogP contribution >= 0.6 is 24.0 Å². The van der Waals surface area contributed by atoms with Crippen molar-refractivity contribution >= 4 is 35.6 Å². The van der Waals surface area contributed by atoms with Crippen molar-refractivity contribution in [3.05, 3.63) is 29.8 Å². The minimum absolute atomic E-state index is 0. The fraction of sp³-hybridized carbons (Fsp3) is 0.682. The monoisotopic (exact) mass is 517 g/mol. The summed E-state index contributed by atoms with van der Waals surface area (Å²) in [6, 6.07) is 8.81. The van der Waals surface area contributed by atoms with Crippen LogP contribution in [0.5, 0.6) is 0 Å². The summed E-state index contributed by atoms with van der Waals surface area (Å²) >= 11 is 0. The Bertz CT molecular complexity index is 598. The van der Waals surface area contributed by atoms with E-state index in [0.29, 0.717) is 0 Å². The van der Waals surface area contributed by atoms with E-state index in [2.05, 4.69) is 79.6 Å². The highest BCUT2D eigenvalue weighted by molar-refractivity contribution is 14.0. The smallest absolute Gasteiger partial charge is 0.191 e. The molecule has 1 heterocycles. The molecule has 0 bridgehead atoms. The van der Waals surface area contributed by atoms with Crippen molar-refractivity contribution in [2.24, 2.45) is 4.99 Å². The van der Waals surface area contributed by atoms with E-state index in [1.165, 1.54) is 11.3 Å². The molecule has 0 aromatic heterocycles. The quantitative estimate of drug-likeness (QED) is 0.228. The van der Waals surface area contributed by atoms with Crippen molar-refractivity contribution in [2.75, 3.05) is 64.9 Å². The maximum Gasteiger partial charge on any atom is 0.191 e. The molecule has 0 unspecified atom stereocenters. The van der Waals surface area contributed by atoms with Crippen LogP contribution in [-0.2, 0) is 11.2 Å². The first-order valence-corrected chi connectivity index (χ1v) is 10.5. The Morgan fingerprint density at radius 2 is 1.79 bits per heavy atom. The topological polar surface area (TPSA) is 52.1 Å². The predicted molar refractivity (Wildman–Crippen MR) is 135 cm³/mol. The van der Waals surface area contributed by atoms with E-state index in [1.807, 2.05) is 0 Å². The van der Waals surface area contributed by atoms with Gasteiger partial charge in [-0.3, -0.25) is 9.89 Å². The van der Waals surface area contributed by atoms with Crippen LogP contribution in [0.3, 0.4) is 0 Å². The first-order chi connectivity index (χ1) is 13.4. The molecule has 1 saturated heterocycles. The highest BCUT2D eigenvalue weighted by Gasteiger charge is 2.28. The molecular formula is C22H40IN5O. The summed E-state index contributed by atoms with van der Waals surface area (Å²) in [5.41, 5.74) is 2.66. The molecule has 29 heavy (non-hydrogen) atoms. The lowest BCUT2D eigenvalue weighted by molar-refractivity contribution is -0.00683. The Labute approximate surface area is 194 Å². The molecule has 0 saturated carbocycles. The Hall–Kier alpha value is -1.06. The molecule has 0 atom stereocenters. The van der Waals surface area contributed by atoms with Gasteiger partial charge in [-0.05, 0) is 51.3 Å². The molecule has 2 rings (SSSR count). The number of aryl methyl sites for hydroxylation is 1. The summed E-state index contributed by atoms with van der Waals surface area (Å²) in [6.45, 7) is 12.8. The number of benzene rings is 1. The molecular weight excluding hydrogens is 477 g/mol. The van der Waals surface area contributed by atoms with Gasteiger partial charge < -0.3 is 20.3 Å². The summed E-state index contributed by atoms with van der Waals surface area (Å²) < 4.78 is 5.47. The Morgan fingerprint density at radius 1 is 1.14 bits per heavy atom. The fourth-order valence-corrected chi connectivity index (χ4v) is 3.34. The first kappa shape index (κ1) is 26.0. The minimum Gasteiger partial charge on any atom is -0.379 e. The second kappa shape index (κ2) is 13.3. The first-order valence-electron chi connectivity index (χ1n) is 10.5. The average Bonchev–Trinajstić information content (AvgIpc) is 2.70. The number of morpholine rings is 1. The van der Waals surface area contributed by atoms with Gasteiger partial charge in [0.2, 0.25) is 0 Å². The van der Waals surface area contributed by atoms with Crippen LogP contribution in [0, 0.1) is 0 Å². The van der Waals surface area contributed by atoms with Crippen molar-refractivity contribution in [3.63, 3.8) is 0 Å². The lowest BCUT2D eigenvalue weighted by atomic mass is 10.0. The van der Waals surface area contributed by atoms with Crippen LogP contribution in [-0.4, -0.2) is 76.4 Å². The highest BCUT2D eigenvalue weighted by atomic mass is 127. The van der Waals surface area contributed by atoms with Gasteiger partial charge in [0.05, 0.1) is 19.8 Å². The molecule has 0 amide bonds. The lowest BCUT2D eigenvalue weighted by Crippen LogP contribution is -2.52. The van der Waals surface area contributed by atoms with E-state index in [1.54, 1.807) is 0 Å². The third-order valence-corrected chi connectivity index (χ3v) is 5.22. The number of rotatable bonds is 9. The van der Waals surface area contributed by atoms with E-state index >= 15 is 0 Å². The van der Waals surface area contributed by atoms with Crippen LogP contribution in [0.1, 0.15) is 32.8 Å². The Kier molecular flexibility index (Phi) is 11.9. The summed E-state index contributed by atoms with van der Waals surface area (Å²) in [7, 11) is 4.14. The zero-order valence-corrected chi connectivity index (χ0v) is 21.2. The molecule has 1 fully saturated rings. The maximum atomic E-state index is 5.47. The molecule has 0 spiro atoms.